The molecular weight excluding hydrogens is 406 g/mol. The molecule has 1 saturated heterocycles. The number of hydrogen-bond acceptors (Lipinski definition) is 4. The van der Waals surface area contributed by atoms with Crippen LogP contribution in [0.3, 0.4) is 0 Å². The summed E-state index contributed by atoms with van der Waals surface area (Å²) in [6, 6.07) is 8.88. The molecular formula is C17H14BrN3O3S. The van der Waals surface area contributed by atoms with Crippen LogP contribution in [-0.2, 0) is 16.6 Å². The molecule has 3 amide bonds. The molecule has 6 nitrogen and oxygen atoms in total. The van der Waals surface area contributed by atoms with Crippen LogP contribution in [0, 0.1) is 0 Å². The molecule has 1 aromatic carbocycles. The van der Waals surface area contributed by atoms with E-state index in [0.717, 1.165) is 26.7 Å². The van der Waals surface area contributed by atoms with Gasteiger partial charge in [-0.15, -0.1) is 0 Å². The monoisotopic (exact) mass is 419 g/mol. The van der Waals surface area contributed by atoms with Crippen molar-refractivity contribution in [2.75, 3.05) is 11.9 Å². The standard InChI is InChI=1S/C17H14BrN3O3S/c1-20-7-6-11(9-20)8-14-16(23)21(17(24)25-14)10-15(22)19-13-4-2-12(18)3-5-13/h2-9H,10H2,1H3,(H,19,22)/b14-8+. The lowest BCUT2D eigenvalue weighted by molar-refractivity contribution is -0.127. The zero-order valence-corrected chi connectivity index (χ0v) is 15.6. The maximum absolute atomic E-state index is 12.4. The fourth-order valence-electron chi connectivity index (χ4n) is 2.28. The van der Waals surface area contributed by atoms with Gasteiger partial charge in [0.1, 0.15) is 6.54 Å². The third-order valence-corrected chi connectivity index (χ3v) is 4.89. The molecule has 2 heterocycles. The van der Waals surface area contributed by atoms with Crippen molar-refractivity contribution in [1.29, 1.82) is 0 Å². The van der Waals surface area contributed by atoms with Crippen molar-refractivity contribution in [3.8, 4) is 0 Å². The topological polar surface area (TPSA) is 71.4 Å². The van der Waals surface area contributed by atoms with Crippen LogP contribution in [0.1, 0.15) is 5.56 Å². The number of halogens is 1. The SMILES string of the molecule is Cn1ccc(/C=C2/SC(=O)N(CC(=O)Nc3ccc(Br)cc3)C2=O)c1. The molecule has 0 spiro atoms. The highest BCUT2D eigenvalue weighted by Crippen LogP contribution is 2.32. The first-order valence-corrected chi connectivity index (χ1v) is 8.96. The van der Waals surface area contributed by atoms with Crippen LogP contribution in [0.4, 0.5) is 10.5 Å². The molecule has 1 fully saturated rings. The van der Waals surface area contributed by atoms with Crippen LogP contribution in [0.25, 0.3) is 6.08 Å². The highest BCUT2D eigenvalue weighted by atomic mass is 79.9. The summed E-state index contributed by atoms with van der Waals surface area (Å²) in [4.78, 5) is 37.8. The molecule has 8 heteroatoms. The smallest absolute Gasteiger partial charge is 0.294 e. The number of benzene rings is 1. The van der Waals surface area contributed by atoms with Gasteiger partial charge in [0, 0.05) is 29.6 Å². The molecule has 0 radical (unpaired) electrons. The minimum atomic E-state index is -0.454. The Morgan fingerprint density at radius 2 is 1.96 bits per heavy atom. The maximum atomic E-state index is 12.4. The van der Waals surface area contributed by atoms with Crippen molar-refractivity contribution in [1.82, 2.24) is 9.47 Å². The Balaban J connectivity index is 1.67. The zero-order valence-electron chi connectivity index (χ0n) is 13.2. The minimum absolute atomic E-state index is 0.313. The molecule has 128 valence electrons. The number of aryl methyl sites for hydroxylation is 1. The average molecular weight is 420 g/mol. The number of imide groups is 1. The summed E-state index contributed by atoms with van der Waals surface area (Å²) in [5, 5.41) is 2.22. The minimum Gasteiger partial charge on any atom is -0.357 e. The second-order valence-electron chi connectivity index (χ2n) is 5.43. The number of carbonyl (C=O) groups excluding carboxylic acids is 3. The number of amides is 3. The van der Waals surface area contributed by atoms with Crippen LogP contribution < -0.4 is 5.32 Å². The van der Waals surface area contributed by atoms with Gasteiger partial charge in [0.25, 0.3) is 11.1 Å². The van der Waals surface area contributed by atoms with E-state index in [1.165, 1.54) is 0 Å². The van der Waals surface area contributed by atoms with E-state index in [0.29, 0.717) is 10.6 Å². The second-order valence-corrected chi connectivity index (χ2v) is 7.34. The summed E-state index contributed by atoms with van der Waals surface area (Å²) in [5.74, 6) is -0.879. The van der Waals surface area contributed by atoms with Crippen LogP contribution in [0.5, 0.6) is 0 Å². The van der Waals surface area contributed by atoms with Gasteiger partial charge in [0.05, 0.1) is 4.91 Å². The molecule has 1 aliphatic rings. The van der Waals surface area contributed by atoms with Gasteiger partial charge < -0.3 is 9.88 Å². The molecule has 0 bridgehead atoms. The molecule has 1 aromatic heterocycles. The number of carbonyl (C=O) groups is 3. The number of aromatic nitrogens is 1. The van der Waals surface area contributed by atoms with Crippen LogP contribution in [0.2, 0.25) is 0 Å². The highest BCUT2D eigenvalue weighted by molar-refractivity contribution is 9.10. The quantitative estimate of drug-likeness (QED) is 0.770. The normalized spacial score (nSPS) is 15.9. The first-order valence-electron chi connectivity index (χ1n) is 7.35. The van der Waals surface area contributed by atoms with Gasteiger partial charge in [-0.1, -0.05) is 15.9 Å². The molecule has 2 aromatic rings. The van der Waals surface area contributed by atoms with E-state index in [4.69, 9.17) is 0 Å². The van der Waals surface area contributed by atoms with Crippen molar-refractivity contribution in [2.45, 2.75) is 0 Å². The van der Waals surface area contributed by atoms with E-state index in [9.17, 15) is 14.4 Å². The van der Waals surface area contributed by atoms with E-state index >= 15 is 0 Å². The van der Waals surface area contributed by atoms with E-state index in [-0.39, 0.29) is 6.54 Å². The Hall–Kier alpha value is -2.32. The van der Waals surface area contributed by atoms with Crippen LogP contribution >= 0.6 is 27.7 Å². The summed E-state index contributed by atoms with van der Waals surface area (Å²) in [6.07, 6.45) is 5.34. The maximum Gasteiger partial charge on any atom is 0.294 e. The van der Waals surface area contributed by atoms with Crippen LogP contribution in [0.15, 0.2) is 52.1 Å². The number of anilines is 1. The molecule has 3 rings (SSSR count). The number of nitrogens with one attached hydrogen (secondary N) is 1. The first-order chi connectivity index (χ1) is 11.9. The van der Waals surface area contributed by atoms with Gasteiger partial charge in [-0.2, -0.15) is 0 Å². The lowest BCUT2D eigenvalue weighted by Gasteiger charge is -2.12. The van der Waals surface area contributed by atoms with Crippen molar-refractivity contribution >= 4 is 56.5 Å². The zero-order chi connectivity index (χ0) is 18.0. The van der Waals surface area contributed by atoms with Crippen molar-refractivity contribution in [2.24, 2.45) is 7.05 Å². The van der Waals surface area contributed by atoms with Crippen molar-refractivity contribution in [3.05, 3.63) is 57.7 Å². The molecule has 1 N–H and O–H groups in total. The second kappa shape index (κ2) is 7.28. The Morgan fingerprint density at radius 1 is 1.24 bits per heavy atom. The molecule has 0 unspecified atom stereocenters. The number of hydrogen-bond donors (Lipinski definition) is 1. The summed E-state index contributed by atoms with van der Waals surface area (Å²) in [5.41, 5.74) is 1.42. The first kappa shape index (κ1) is 17.5. The lowest BCUT2D eigenvalue weighted by atomic mass is 10.3. The van der Waals surface area contributed by atoms with Gasteiger partial charge in [0.15, 0.2) is 0 Å². The molecule has 0 aliphatic carbocycles. The van der Waals surface area contributed by atoms with Crippen molar-refractivity contribution in [3.63, 3.8) is 0 Å². The number of rotatable bonds is 4. The van der Waals surface area contributed by atoms with E-state index in [2.05, 4.69) is 21.2 Å². The predicted molar refractivity (Wildman–Crippen MR) is 101 cm³/mol. The average Bonchev–Trinajstić information content (AvgIpc) is 3.08. The Bertz CT molecular complexity index is 874. The van der Waals surface area contributed by atoms with E-state index < -0.39 is 17.1 Å². The highest BCUT2D eigenvalue weighted by Gasteiger charge is 2.36. The van der Waals surface area contributed by atoms with Gasteiger partial charge in [-0.25, -0.2) is 0 Å². The fourth-order valence-corrected chi connectivity index (χ4v) is 3.38. The number of thioether (sulfide) groups is 1. The molecule has 0 atom stereocenters. The number of nitrogens with zero attached hydrogens (tertiary/aromatic N) is 2. The lowest BCUT2D eigenvalue weighted by Crippen LogP contribution is -2.36. The third kappa shape index (κ3) is 4.21. The third-order valence-electron chi connectivity index (χ3n) is 3.46. The van der Waals surface area contributed by atoms with Gasteiger partial charge in [-0.05, 0) is 53.7 Å². The van der Waals surface area contributed by atoms with Gasteiger partial charge >= 0.3 is 0 Å². The summed E-state index contributed by atoms with van der Waals surface area (Å²) in [6.45, 7) is -0.313. The molecule has 1 aliphatic heterocycles. The summed E-state index contributed by atoms with van der Waals surface area (Å²) in [7, 11) is 1.87. The van der Waals surface area contributed by atoms with Crippen LogP contribution in [-0.4, -0.2) is 33.1 Å². The van der Waals surface area contributed by atoms with Gasteiger partial charge in [0.2, 0.25) is 5.91 Å². The fraction of sp³-hybridized carbons (Fsp3) is 0.118. The van der Waals surface area contributed by atoms with E-state index in [1.807, 2.05) is 30.1 Å². The Morgan fingerprint density at radius 3 is 2.60 bits per heavy atom. The largest absolute Gasteiger partial charge is 0.357 e. The summed E-state index contributed by atoms with van der Waals surface area (Å²) >= 11 is 4.15. The molecule has 0 saturated carbocycles. The van der Waals surface area contributed by atoms with Gasteiger partial charge in [-0.3, -0.25) is 19.3 Å². The predicted octanol–water partition coefficient (Wildman–Crippen LogP) is 3.46. The van der Waals surface area contributed by atoms with Crippen molar-refractivity contribution < 1.29 is 14.4 Å². The Labute approximate surface area is 157 Å². The van der Waals surface area contributed by atoms with E-state index in [1.54, 1.807) is 30.3 Å². The summed E-state index contributed by atoms with van der Waals surface area (Å²) < 4.78 is 2.74. The Kier molecular flexibility index (Phi) is 5.10. The molecule has 25 heavy (non-hydrogen) atoms.